The van der Waals surface area contributed by atoms with Gasteiger partial charge in [0.15, 0.2) is 0 Å². The van der Waals surface area contributed by atoms with Gasteiger partial charge in [0.1, 0.15) is 5.75 Å². The Morgan fingerprint density at radius 1 is 1.37 bits per heavy atom. The van der Waals surface area contributed by atoms with E-state index in [1.54, 1.807) is 7.11 Å². The molecule has 1 aromatic carbocycles. The van der Waals surface area contributed by atoms with E-state index in [1.165, 1.54) is 5.56 Å². The van der Waals surface area contributed by atoms with Gasteiger partial charge in [0, 0.05) is 19.1 Å². The van der Waals surface area contributed by atoms with Crippen molar-refractivity contribution in [2.24, 2.45) is 0 Å². The molecule has 0 heterocycles. The second kappa shape index (κ2) is 8.15. The maximum Gasteiger partial charge on any atom is 0.122 e. The molecule has 0 saturated carbocycles. The van der Waals surface area contributed by atoms with Crippen molar-refractivity contribution in [2.45, 2.75) is 25.5 Å². The Morgan fingerprint density at radius 3 is 2.68 bits per heavy atom. The van der Waals surface area contributed by atoms with E-state index in [0.717, 1.165) is 12.2 Å². The fourth-order valence-electron chi connectivity index (χ4n) is 2.16. The predicted molar refractivity (Wildman–Crippen MR) is 78.7 cm³/mol. The molecule has 2 N–H and O–H groups in total. The highest BCUT2D eigenvalue weighted by atomic mass is 16.5. The molecule has 0 aromatic heterocycles. The molecule has 1 rings (SSSR count). The second-order valence-corrected chi connectivity index (χ2v) is 5.02. The number of likely N-dealkylation sites (N-methyl/N-ethyl adjacent to an activating group) is 2. The first-order valence-corrected chi connectivity index (χ1v) is 6.73. The van der Waals surface area contributed by atoms with Gasteiger partial charge < -0.3 is 20.1 Å². The highest BCUT2D eigenvalue weighted by Crippen LogP contribution is 2.20. The molecule has 0 amide bonds. The van der Waals surface area contributed by atoms with Crippen LogP contribution in [0, 0.1) is 0 Å². The normalized spacial score (nSPS) is 14.4. The van der Waals surface area contributed by atoms with Gasteiger partial charge in [0.2, 0.25) is 0 Å². The summed E-state index contributed by atoms with van der Waals surface area (Å²) in [5, 5.41) is 12.8. The number of hydrogen-bond acceptors (Lipinski definition) is 4. The van der Waals surface area contributed by atoms with E-state index in [4.69, 9.17) is 4.74 Å². The molecular formula is C15H26N2O2. The van der Waals surface area contributed by atoms with E-state index in [9.17, 15) is 5.11 Å². The topological polar surface area (TPSA) is 44.7 Å². The van der Waals surface area contributed by atoms with Gasteiger partial charge in [-0.15, -0.1) is 0 Å². The molecule has 0 spiro atoms. The summed E-state index contributed by atoms with van der Waals surface area (Å²) >= 11 is 0. The molecule has 4 heteroatoms. The van der Waals surface area contributed by atoms with Crippen LogP contribution in [-0.2, 0) is 6.42 Å². The molecule has 0 aliphatic carbocycles. The average molecular weight is 266 g/mol. The van der Waals surface area contributed by atoms with Crippen LogP contribution < -0.4 is 10.1 Å². The Hall–Kier alpha value is -1.10. The van der Waals surface area contributed by atoms with E-state index < -0.39 is 0 Å². The summed E-state index contributed by atoms with van der Waals surface area (Å²) in [6.45, 7) is 3.45. The van der Waals surface area contributed by atoms with Crippen molar-refractivity contribution < 1.29 is 9.84 Å². The lowest BCUT2D eigenvalue weighted by atomic mass is 10.0. The van der Waals surface area contributed by atoms with Crippen molar-refractivity contribution in [2.75, 3.05) is 34.3 Å². The van der Waals surface area contributed by atoms with Gasteiger partial charge >= 0.3 is 0 Å². The highest BCUT2D eigenvalue weighted by molar-refractivity contribution is 5.33. The van der Waals surface area contributed by atoms with Crippen LogP contribution >= 0.6 is 0 Å². The zero-order chi connectivity index (χ0) is 14.3. The Morgan fingerprint density at radius 2 is 2.05 bits per heavy atom. The van der Waals surface area contributed by atoms with E-state index >= 15 is 0 Å². The molecule has 2 atom stereocenters. The van der Waals surface area contributed by atoms with Crippen LogP contribution in [0.4, 0.5) is 0 Å². The van der Waals surface area contributed by atoms with Gasteiger partial charge in [-0.25, -0.2) is 0 Å². The van der Waals surface area contributed by atoms with Crippen LogP contribution in [0.15, 0.2) is 24.3 Å². The summed E-state index contributed by atoms with van der Waals surface area (Å²) < 4.78 is 5.37. The van der Waals surface area contributed by atoms with Crippen LogP contribution in [0.2, 0.25) is 0 Å². The van der Waals surface area contributed by atoms with Crippen LogP contribution in [0.3, 0.4) is 0 Å². The smallest absolute Gasteiger partial charge is 0.122 e. The van der Waals surface area contributed by atoms with Crippen molar-refractivity contribution >= 4 is 0 Å². The first-order valence-electron chi connectivity index (χ1n) is 6.73. The fraction of sp³-hybridized carbons (Fsp3) is 0.600. The second-order valence-electron chi connectivity index (χ2n) is 5.02. The lowest BCUT2D eigenvalue weighted by molar-refractivity contribution is 0.108. The van der Waals surface area contributed by atoms with E-state index in [0.29, 0.717) is 19.1 Å². The molecule has 0 aliphatic heterocycles. The standard InChI is InChI=1S/C15H26N2O2/c1-12(17(3)11-14(18)10-16-2)9-13-7-5-6-8-15(13)19-4/h5-8,12,14,16,18H,9-11H2,1-4H3. The molecule has 0 fully saturated rings. The number of rotatable bonds is 8. The van der Waals surface area contributed by atoms with Gasteiger partial charge in [0.25, 0.3) is 0 Å². The molecule has 1 aromatic rings. The number of benzene rings is 1. The zero-order valence-corrected chi connectivity index (χ0v) is 12.4. The summed E-state index contributed by atoms with van der Waals surface area (Å²) in [5.41, 5.74) is 1.20. The quantitative estimate of drug-likeness (QED) is 0.740. The van der Waals surface area contributed by atoms with Gasteiger partial charge in [0.05, 0.1) is 13.2 Å². The number of aliphatic hydroxyl groups is 1. The fourth-order valence-corrected chi connectivity index (χ4v) is 2.16. The molecule has 2 unspecified atom stereocenters. The minimum absolute atomic E-state index is 0.338. The Kier molecular flexibility index (Phi) is 6.84. The maximum atomic E-state index is 9.81. The number of aliphatic hydroxyl groups excluding tert-OH is 1. The Labute approximate surface area is 116 Å². The highest BCUT2D eigenvalue weighted by Gasteiger charge is 2.15. The first-order chi connectivity index (χ1) is 9.08. The lowest BCUT2D eigenvalue weighted by Gasteiger charge is -2.27. The number of ether oxygens (including phenoxy) is 1. The Balaban J connectivity index is 2.55. The number of nitrogens with one attached hydrogen (secondary N) is 1. The van der Waals surface area contributed by atoms with Crippen LogP contribution in [0.25, 0.3) is 0 Å². The number of nitrogens with zero attached hydrogens (tertiary/aromatic N) is 1. The lowest BCUT2D eigenvalue weighted by Crippen LogP contribution is -2.40. The summed E-state index contributed by atoms with van der Waals surface area (Å²) in [6.07, 6.45) is 0.572. The first kappa shape index (κ1) is 16.0. The molecule has 0 saturated heterocycles. The van der Waals surface area contributed by atoms with Crippen molar-refractivity contribution in [1.82, 2.24) is 10.2 Å². The molecule has 0 aliphatic rings. The van der Waals surface area contributed by atoms with Crippen molar-refractivity contribution in [3.05, 3.63) is 29.8 Å². The predicted octanol–water partition coefficient (Wildman–Crippen LogP) is 1.14. The van der Waals surface area contributed by atoms with E-state index in [2.05, 4.69) is 23.2 Å². The number of para-hydroxylation sites is 1. The largest absolute Gasteiger partial charge is 0.496 e. The molecule has 108 valence electrons. The van der Waals surface area contributed by atoms with Crippen LogP contribution in [0.1, 0.15) is 12.5 Å². The van der Waals surface area contributed by atoms with Crippen LogP contribution in [0.5, 0.6) is 5.75 Å². The van der Waals surface area contributed by atoms with Gasteiger partial charge in [-0.3, -0.25) is 0 Å². The third-order valence-corrected chi connectivity index (χ3v) is 3.40. The van der Waals surface area contributed by atoms with Crippen molar-refractivity contribution in [3.63, 3.8) is 0 Å². The number of hydrogen-bond donors (Lipinski definition) is 2. The maximum absolute atomic E-state index is 9.81. The average Bonchev–Trinajstić information content (AvgIpc) is 2.39. The van der Waals surface area contributed by atoms with Gasteiger partial charge in [-0.05, 0) is 39.1 Å². The van der Waals surface area contributed by atoms with Crippen LogP contribution in [-0.4, -0.2) is 56.4 Å². The minimum Gasteiger partial charge on any atom is -0.496 e. The summed E-state index contributed by atoms with van der Waals surface area (Å²) in [4.78, 5) is 2.18. The van der Waals surface area contributed by atoms with Crippen molar-refractivity contribution in [3.8, 4) is 5.75 Å². The minimum atomic E-state index is -0.338. The van der Waals surface area contributed by atoms with E-state index in [1.807, 2.05) is 32.3 Å². The SMILES string of the molecule is CNCC(O)CN(C)C(C)Cc1ccccc1OC. The molecular weight excluding hydrogens is 240 g/mol. The molecule has 0 bridgehead atoms. The molecule has 0 radical (unpaired) electrons. The number of methoxy groups -OCH3 is 1. The van der Waals surface area contributed by atoms with E-state index in [-0.39, 0.29) is 6.10 Å². The summed E-state index contributed by atoms with van der Waals surface area (Å²) in [7, 11) is 5.59. The molecule has 19 heavy (non-hydrogen) atoms. The third-order valence-electron chi connectivity index (χ3n) is 3.40. The Bertz CT molecular complexity index is 371. The summed E-state index contributed by atoms with van der Waals surface area (Å²) in [6, 6.07) is 8.43. The third kappa shape index (κ3) is 5.19. The van der Waals surface area contributed by atoms with Crippen molar-refractivity contribution in [1.29, 1.82) is 0 Å². The van der Waals surface area contributed by atoms with Gasteiger partial charge in [-0.2, -0.15) is 0 Å². The zero-order valence-electron chi connectivity index (χ0n) is 12.4. The van der Waals surface area contributed by atoms with Gasteiger partial charge in [-0.1, -0.05) is 18.2 Å². The monoisotopic (exact) mass is 266 g/mol. The summed E-state index contributed by atoms with van der Waals surface area (Å²) in [5.74, 6) is 0.929. The molecule has 4 nitrogen and oxygen atoms in total.